The van der Waals surface area contributed by atoms with Crippen LogP contribution in [0.25, 0.3) is 0 Å². The van der Waals surface area contributed by atoms with Gasteiger partial charge in [-0.05, 0) is 24.3 Å². The third-order valence-corrected chi connectivity index (χ3v) is 5.15. The lowest BCUT2D eigenvalue weighted by Crippen LogP contribution is -2.29. The Kier molecular flexibility index (Phi) is 12.3. The van der Waals surface area contributed by atoms with E-state index >= 15 is 0 Å². The Morgan fingerprint density at radius 3 is 2.05 bits per heavy atom. The van der Waals surface area contributed by atoms with Crippen molar-refractivity contribution in [2.45, 2.75) is 19.4 Å². The third kappa shape index (κ3) is 10.0. The molecule has 0 spiro atoms. The Bertz CT molecular complexity index is 1380. The van der Waals surface area contributed by atoms with Gasteiger partial charge in [0.05, 0.1) is 34.4 Å². The minimum Gasteiger partial charge on any atom is -0.479 e. The van der Waals surface area contributed by atoms with Crippen molar-refractivity contribution in [1.82, 2.24) is 0 Å². The second-order valence-corrected chi connectivity index (χ2v) is 7.75. The van der Waals surface area contributed by atoms with E-state index in [4.69, 9.17) is 30.1 Å². The van der Waals surface area contributed by atoms with Crippen LogP contribution < -0.4 is 4.90 Å². The van der Waals surface area contributed by atoms with Crippen LogP contribution in [0.1, 0.15) is 18.4 Å². The number of azo groups is 1. The fraction of sp³-hybridized carbons (Fsp3) is 0.292. The van der Waals surface area contributed by atoms with Crippen LogP contribution in [0.3, 0.4) is 0 Å². The van der Waals surface area contributed by atoms with Gasteiger partial charge in [-0.1, -0.05) is 0 Å². The number of rotatable bonds is 16. The third-order valence-electron chi connectivity index (χ3n) is 5.15. The molecule has 2 rings (SSSR count). The molecule has 0 heterocycles. The van der Waals surface area contributed by atoms with Gasteiger partial charge in [-0.3, -0.25) is 35.2 Å². The van der Waals surface area contributed by atoms with Gasteiger partial charge in [0.15, 0.2) is 25.3 Å². The van der Waals surface area contributed by atoms with Crippen LogP contribution in [0.2, 0.25) is 0 Å². The summed E-state index contributed by atoms with van der Waals surface area (Å²) in [4.78, 5) is 46.3. The number of carbonyl (C=O) groups is 2. The second kappa shape index (κ2) is 16.1. The van der Waals surface area contributed by atoms with Crippen LogP contribution in [-0.4, -0.2) is 54.5 Å². The molecule has 0 radical (unpaired) electrons. The monoisotopic (exact) mass is 566 g/mol. The molecule has 0 aliphatic rings. The van der Waals surface area contributed by atoms with E-state index in [1.165, 1.54) is 6.07 Å². The van der Waals surface area contributed by atoms with E-state index in [0.29, 0.717) is 17.7 Å². The number of ether oxygens (including phenoxy) is 3. The fourth-order valence-electron chi connectivity index (χ4n) is 3.27. The number of anilines is 1. The Hall–Kier alpha value is -5.97. The van der Waals surface area contributed by atoms with Crippen LogP contribution in [0.5, 0.6) is 0 Å². The van der Waals surface area contributed by atoms with Crippen molar-refractivity contribution in [2.75, 3.05) is 31.2 Å². The average molecular weight is 566 g/mol. The first-order chi connectivity index (χ1) is 19.7. The summed E-state index contributed by atoms with van der Waals surface area (Å²) in [5.74, 6) is -1.29. The molecule has 0 saturated carbocycles. The van der Waals surface area contributed by atoms with Crippen LogP contribution in [0, 0.1) is 48.3 Å². The lowest BCUT2D eigenvalue weighted by molar-refractivity contribution is -0.393. The van der Waals surface area contributed by atoms with Crippen molar-refractivity contribution in [3.05, 3.63) is 62.2 Å². The maximum atomic E-state index is 11.9. The van der Waals surface area contributed by atoms with Crippen molar-refractivity contribution in [2.24, 2.45) is 10.2 Å². The molecule has 1 N–H and O–H groups in total. The normalized spacial score (nSPS) is 10.2. The molecule has 0 aromatic heterocycles. The van der Waals surface area contributed by atoms with Crippen molar-refractivity contribution in [3.63, 3.8) is 0 Å². The molecule has 0 aliphatic carbocycles. The van der Waals surface area contributed by atoms with E-state index in [1.54, 1.807) is 29.2 Å². The van der Waals surface area contributed by atoms with Gasteiger partial charge in [-0.2, -0.15) is 10.5 Å². The standard InChI is InChI=1S/C24H22N8O9/c25-7-11-40-23(33)5-9-30(10-6-24(34)41-12-8-26)18-1-3-20(17(13-18)15-39-16-27)28-29-21-4-2-19(31(35)36)14-22(21)32(37)38/h1-4,13-14,16,27H,5-6,9-12,15H2. The van der Waals surface area contributed by atoms with Gasteiger partial charge in [0.1, 0.15) is 18.7 Å². The number of non-ortho nitro benzene ring substituents is 1. The predicted octanol–water partition coefficient (Wildman–Crippen LogP) is 3.76. The summed E-state index contributed by atoms with van der Waals surface area (Å²) >= 11 is 0. The molecule has 0 atom stereocenters. The molecule has 0 amide bonds. The Morgan fingerprint density at radius 1 is 0.927 bits per heavy atom. The maximum Gasteiger partial charge on any atom is 0.308 e. The second-order valence-electron chi connectivity index (χ2n) is 7.75. The number of hydrogen-bond acceptors (Lipinski definition) is 15. The smallest absolute Gasteiger partial charge is 0.308 e. The van der Waals surface area contributed by atoms with Gasteiger partial charge in [0, 0.05) is 30.4 Å². The lowest BCUT2D eigenvalue weighted by atomic mass is 10.1. The summed E-state index contributed by atoms with van der Waals surface area (Å²) in [6, 6.07) is 10.9. The highest BCUT2D eigenvalue weighted by atomic mass is 16.6. The van der Waals surface area contributed by atoms with E-state index in [9.17, 15) is 29.8 Å². The van der Waals surface area contributed by atoms with Crippen LogP contribution in [-0.2, 0) is 30.4 Å². The highest BCUT2D eigenvalue weighted by Gasteiger charge is 2.20. The molecule has 212 valence electrons. The minimum absolute atomic E-state index is 0.0660. The van der Waals surface area contributed by atoms with Gasteiger partial charge in [0.25, 0.3) is 5.69 Å². The summed E-state index contributed by atoms with van der Waals surface area (Å²) in [5.41, 5.74) is -0.330. The number of carbonyl (C=O) groups excluding carboxylic acids is 2. The highest BCUT2D eigenvalue weighted by molar-refractivity contribution is 5.72. The van der Waals surface area contributed by atoms with Crippen molar-refractivity contribution < 1.29 is 33.6 Å². The molecule has 0 bridgehead atoms. The molecular formula is C24H22N8O9. The zero-order valence-electron chi connectivity index (χ0n) is 21.3. The number of nitrogens with zero attached hydrogens (tertiary/aromatic N) is 7. The zero-order valence-corrected chi connectivity index (χ0v) is 21.3. The number of nitro benzene ring substituents is 2. The fourth-order valence-corrected chi connectivity index (χ4v) is 3.27. The van der Waals surface area contributed by atoms with Crippen molar-refractivity contribution >= 4 is 46.8 Å². The minimum atomic E-state index is -0.829. The lowest BCUT2D eigenvalue weighted by Gasteiger charge is -2.25. The van der Waals surface area contributed by atoms with Crippen LogP contribution >= 0.6 is 0 Å². The number of benzene rings is 2. The number of nitro groups is 2. The molecule has 17 heteroatoms. The average Bonchev–Trinajstić information content (AvgIpc) is 2.96. The first kappa shape index (κ1) is 31.2. The summed E-state index contributed by atoms with van der Waals surface area (Å²) in [6.45, 7) is -0.878. The molecule has 0 fully saturated rings. The quantitative estimate of drug-likeness (QED) is 0.0761. The molecule has 41 heavy (non-hydrogen) atoms. The summed E-state index contributed by atoms with van der Waals surface area (Å²) in [7, 11) is 0. The number of nitriles is 2. The molecule has 2 aromatic carbocycles. The largest absolute Gasteiger partial charge is 0.479 e. The summed E-state index contributed by atoms with van der Waals surface area (Å²) in [5, 5.41) is 54.6. The molecule has 0 aliphatic heterocycles. The molecule has 17 nitrogen and oxygen atoms in total. The summed E-state index contributed by atoms with van der Waals surface area (Å²) in [6.07, 6.45) is 0.419. The van der Waals surface area contributed by atoms with E-state index in [0.717, 1.165) is 18.2 Å². The van der Waals surface area contributed by atoms with Crippen molar-refractivity contribution in [3.8, 4) is 12.1 Å². The van der Waals surface area contributed by atoms with Gasteiger partial charge in [-0.25, -0.2) is 0 Å². The van der Waals surface area contributed by atoms with E-state index in [-0.39, 0.29) is 43.9 Å². The Morgan fingerprint density at radius 2 is 1.51 bits per heavy atom. The predicted molar refractivity (Wildman–Crippen MR) is 139 cm³/mol. The molecular weight excluding hydrogens is 544 g/mol. The van der Waals surface area contributed by atoms with E-state index < -0.39 is 46.4 Å². The van der Waals surface area contributed by atoms with Gasteiger partial charge in [0.2, 0.25) is 0 Å². The SMILES string of the molecule is N#CCOC(=O)CCN(CCC(=O)OCC#N)c1ccc(N=Nc2ccc([N+](=O)[O-])cc2[N+](=O)[O-])c(COC=N)c1. The van der Waals surface area contributed by atoms with Crippen molar-refractivity contribution in [1.29, 1.82) is 15.9 Å². The molecule has 0 unspecified atom stereocenters. The van der Waals surface area contributed by atoms with Gasteiger partial charge < -0.3 is 19.1 Å². The number of hydrogen-bond donors (Lipinski definition) is 1. The molecule has 2 aromatic rings. The Balaban J connectivity index is 2.40. The molecule has 0 saturated heterocycles. The van der Waals surface area contributed by atoms with Gasteiger partial charge >= 0.3 is 17.6 Å². The highest BCUT2D eigenvalue weighted by Crippen LogP contribution is 2.34. The van der Waals surface area contributed by atoms with Gasteiger partial charge in [-0.15, -0.1) is 10.2 Å². The van der Waals surface area contributed by atoms with Crippen LogP contribution in [0.4, 0.5) is 28.4 Å². The van der Waals surface area contributed by atoms with E-state index in [2.05, 4.69) is 10.2 Å². The number of nitrogens with one attached hydrogen (secondary N) is 1. The first-order valence-corrected chi connectivity index (χ1v) is 11.6. The Labute approximate surface area is 232 Å². The first-order valence-electron chi connectivity index (χ1n) is 11.6. The van der Waals surface area contributed by atoms with E-state index in [1.807, 2.05) is 0 Å². The topological polar surface area (TPSA) is 247 Å². The maximum absolute atomic E-state index is 11.9. The van der Waals surface area contributed by atoms with Crippen LogP contribution in [0.15, 0.2) is 46.6 Å². The summed E-state index contributed by atoms with van der Waals surface area (Å²) < 4.78 is 14.6. The zero-order chi connectivity index (χ0) is 30.2. The number of esters is 2.